The van der Waals surface area contributed by atoms with Crippen LogP contribution in [0.1, 0.15) is 42.2 Å². The van der Waals surface area contributed by atoms with Crippen molar-refractivity contribution in [2.75, 3.05) is 19.7 Å². The van der Waals surface area contributed by atoms with Gasteiger partial charge in [0.15, 0.2) is 5.69 Å². The van der Waals surface area contributed by atoms with Gasteiger partial charge in [0, 0.05) is 13.1 Å². The number of amides is 1. The van der Waals surface area contributed by atoms with Crippen molar-refractivity contribution >= 4 is 5.91 Å². The van der Waals surface area contributed by atoms with Crippen LogP contribution in [-0.4, -0.2) is 40.3 Å². The number of hydrogen-bond donors (Lipinski definition) is 0. The highest BCUT2D eigenvalue weighted by atomic mass is 16.5. The summed E-state index contributed by atoms with van der Waals surface area (Å²) in [6.45, 7) is 5.61. The maximum atomic E-state index is 12.7. The summed E-state index contributed by atoms with van der Waals surface area (Å²) in [5, 5.41) is 4.35. The van der Waals surface area contributed by atoms with Gasteiger partial charge in [-0.25, -0.2) is 4.68 Å². The van der Waals surface area contributed by atoms with E-state index in [2.05, 4.69) is 5.10 Å². The van der Waals surface area contributed by atoms with E-state index < -0.39 is 5.43 Å². The zero-order chi connectivity index (χ0) is 17.8. The topological polar surface area (TPSA) is 64.4 Å². The van der Waals surface area contributed by atoms with E-state index in [1.165, 1.54) is 10.7 Å². The normalized spacial score (nSPS) is 14.4. The highest BCUT2D eigenvalue weighted by molar-refractivity contribution is 5.92. The number of aromatic nitrogens is 2. The molecule has 2 aromatic rings. The second kappa shape index (κ2) is 7.51. The molecular weight excluding hydrogens is 318 g/mol. The molecule has 1 saturated heterocycles. The number of rotatable bonds is 4. The van der Waals surface area contributed by atoms with Crippen molar-refractivity contribution in [2.45, 2.75) is 33.1 Å². The van der Waals surface area contributed by atoms with E-state index in [1.807, 2.05) is 38.1 Å². The molecule has 2 heterocycles. The summed E-state index contributed by atoms with van der Waals surface area (Å²) in [4.78, 5) is 26.9. The molecule has 0 spiro atoms. The molecule has 0 atom stereocenters. The van der Waals surface area contributed by atoms with E-state index in [-0.39, 0.29) is 11.6 Å². The predicted octanol–water partition coefficient (Wildman–Crippen LogP) is 2.57. The number of nitrogens with zero attached hydrogens (tertiary/aromatic N) is 3. The van der Waals surface area contributed by atoms with Crippen molar-refractivity contribution in [1.82, 2.24) is 14.7 Å². The first-order valence-electron chi connectivity index (χ1n) is 8.73. The van der Waals surface area contributed by atoms with E-state index in [0.717, 1.165) is 30.5 Å². The Balaban J connectivity index is 2.04. The van der Waals surface area contributed by atoms with Crippen LogP contribution < -0.4 is 10.2 Å². The van der Waals surface area contributed by atoms with Crippen molar-refractivity contribution in [2.24, 2.45) is 0 Å². The molecule has 0 radical (unpaired) electrons. The molecule has 3 rings (SSSR count). The molecule has 6 nitrogen and oxygen atoms in total. The third-order valence-corrected chi connectivity index (χ3v) is 4.31. The molecule has 6 heteroatoms. The first-order chi connectivity index (χ1) is 12.1. The number of hydrogen-bond acceptors (Lipinski definition) is 4. The van der Waals surface area contributed by atoms with E-state index in [4.69, 9.17) is 4.74 Å². The van der Waals surface area contributed by atoms with Crippen LogP contribution in [0.15, 0.2) is 35.1 Å². The maximum absolute atomic E-state index is 12.7. The SMILES string of the molecule is CCOc1cc(=O)c(C(=O)N2CCCCC2)nn1-c1ccc(C)cc1. The molecule has 25 heavy (non-hydrogen) atoms. The highest BCUT2D eigenvalue weighted by Crippen LogP contribution is 2.17. The standard InChI is InChI=1S/C19H23N3O3/c1-3-25-17-13-16(23)18(19(24)21-11-5-4-6-12-21)20-22(17)15-9-7-14(2)8-10-15/h7-10,13H,3-6,11-12H2,1-2H3. The van der Waals surface area contributed by atoms with Crippen LogP contribution in [0.5, 0.6) is 5.88 Å². The van der Waals surface area contributed by atoms with E-state index >= 15 is 0 Å². The third-order valence-electron chi connectivity index (χ3n) is 4.31. The first kappa shape index (κ1) is 17.2. The number of carbonyl (C=O) groups excluding carboxylic acids is 1. The summed E-state index contributed by atoms with van der Waals surface area (Å²) >= 11 is 0. The lowest BCUT2D eigenvalue weighted by Gasteiger charge is -2.26. The van der Waals surface area contributed by atoms with Crippen LogP contribution in [-0.2, 0) is 0 Å². The van der Waals surface area contributed by atoms with Gasteiger partial charge in [0.25, 0.3) is 5.91 Å². The number of ether oxygens (including phenoxy) is 1. The molecule has 132 valence electrons. The summed E-state index contributed by atoms with van der Waals surface area (Å²) in [6.07, 6.45) is 3.05. The zero-order valence-electron chi connectivity index (χ0n) is 14.7. The molecule has 0 unspecified atom stereocenters. The van der Waals surface area contributed by atoms with Crippen LogP contribution in [0.2, 0.25) is 0 Å². The predicted molar refractivity (Wildman–Crippen MR) is 95.5 cm³/mol. The van der Waals surface area contributed by atoms with Gasteiger partial charge in [0.05, 0.1) is 18.4 Å². The lowest BCUT2D eigenvalue weighted by molar-refractivity contribution is 0.0714. The average Bonchev–Trinajstić information content (AvgIpc) is 2.63. The Kier molecular flexibility index (Phi) is 5.16. The number of carbonyl (C=O) groups is 1. The summed E-state index contributed by atoms with van der Waals surface area (Å²) in [5.41, 5.74) is 1.42. The lowest BCUT2D eigenvalue weighted by atomic mass is 10.1. The van der Waals surface area contributed by atoms with Crippen LogP contribution in [0.25, 0.3) is 5.69 Å². The number of benzene rings is 1. The van der Waals surface area contributed by atoms with Crippen molar-refractivity contribution in [3.05, 3.63) is 51.8 Å². The summed E-state index contributed by atoms with van der Waals surface area (Å²) in [7, 11) is 0. The Morgan fingerprint density at radius 3 is 2.48 bits per heavy atom. The number of likely N-dealkylation sites (tertiary alicyclic amines) is 1. The van der Waals surface area contributed by atoms with E-state index in [0.29, 0.717) is 25.6 Å². The largest absolute Gasteiger partial charge is 0.478 e. The molecule has 1 aliphatic rings. The monoisotopic (exact) mass is 341 g/mol. The van der Waals surface area contributed by atoms with Gasteiger partial charge >= 0.3 is 0 Å². The third kappa shape index (κ3) is 3.73. The fraction of sp³-hybridized carbons (Fsp3) is 0.421. The molecule has 0 saturated carbocycles. The van der Waals surface area contributed by atoms with Crippen molar-refractivity contribution in [3.8, 4) is 11.6 Å². The van der Waals surface area contributed by atoms with Crippen molar-refractivity contribution < 1.29 is 9.53 Å². The molecule has 1 amide bonds. The number of piperidine rings is 1. The van der Waals surface area contributed by atoms with Crippen LogP contribution in [0.4, 0.5) is 0 Å². The van der Waals surface area contributed by atoms with Gasteiger partial charge in [0.1, 0.15) is 0 Å². The van der Waals surface area contributed by atoms with Crippen molar-refractivity contribution in [3.63, 3.8) is 0 Å². The molecule has 0 bridgehead atoms. The minimum atomic E-state index is -0.401. The molecule has 1 aromatic carbocycles. The Morgan fingerprint density at radius 1 is 1.16 bits per heavy atom. The highest BCUT2D eigenvalue weighted by Gasteiger charge is 2.24. The second-order valence-electron chi connectivity index (χ2n) is 6.23. The Labute approximate surface area is 147 Å². The van der Waals surface area contributed by atoms with Gasteiger partial charge in [0.2, 0.25) is 11.3 Å². The first-order valence-corrected chi connectivity index (χ1v) is 8.73. The molecule has 1 fully saturated rings. The van der Waals surface area contributed by atoms with Crippen LogP contribution >= 0.6 is 0 Å². The van der Waals surface area contributed by atoms with Gasteiger partial charge in [-0.15, -0.1) is 0 Å². The Hall–Kier alpha value is -2.63. The van der Waals surface area contributed by atoms with Gasteiger partial charge < -0.3 is 9.64 Å². The number of aryl methyl sites for hydroxylation is 1. The fourth-order valence-corrected chi connectivity index (χ4v) is 2.96. The Morgan fingerprint density at radius 2 is 1.84 bits per heavy atom. The molecule has 0 N–H and O–H groups in total. The van der Waals surface area contributed by atoms with E-state index in [9.17, 15) is 9.59 Å². The van der Waals surface area contributed by atoms with Crippen molar-refractivity contribution in [1.29, 1.82) is 0 Å². The molecule has 1 aromatic heterocycles. The fourth-order valence-electron chi connectivity index (χ4n) is 2.96. The Bertz CT molecular complexity index is 806. The average molecular weight is 341 g/mol. The smallest absolute Gasteiger partial charge is 0.278 e. The second-order valence-corrected chi connectivity index (χ2v) is 6.23. The van der Waals surface area contributed by atoms with Crippen LogP contribution in [0, 0.1) is 6.92 Å². The van der Waals surface area contributed by atoms with E-state index in [1.54, 1.807) is 4.90 Å². The summed E-state index contributed by atoms with van der Waals surface area (Å²) in [6, 6.07) is 9.05. The minimum absolute atomic E-state index is 0.0501. The quantitative estimate of drug-likeness (QED) is 0.857. The van der Waals surface area contributed by atoms with Crippen LogP contribution in [0.3, 0.4) is 0 Å². The summed E-state index contributed by atoms with van der Waals surface area (Å²) < 4.78 is 7.09. The van der Waals surface area contributed by atoms with Gasteiger partial charge in [-0.05, 0) is 45.2 Å². The molecular formula is C19H23N3O3. The zero-order valence-corrected chi connectivity index (χ0v) is 14.7. The van der Waals surface area contributed by atoms with Gasteiger partial charge in [-0.3, -0.25) is 9.59 Å². The van der Waals surface area contributed by atoms with Gasteiger partial charge in [-0.1, -0.05) is 17.7 Å². The lowest BCUT2D eigenvalue weighted by Crippen LogP contribution is -2.39. The molecule has 1 aliphatic heterocycles. The maximum Gasteiger partial charge on any atom is 0.278 e. The minimum Gasteiger partial charge on any atom is -0.478 e. The molecule has 0 aliphatic carbocycles. The van der Waals surface area contributed by atoms with Gasteiger partial charge in [-0.2, -0.15) is 5.10 Å². The summed E-state index contributed by atoms with van der Waals surface area (Å²) in [5.74, 6) is 0.0418.